The van der Waals surface area contributed by atoms with Gasteiger partial charge in [-0.1, -0.05) is 19.1 Å². The molecule has 0 bridgehead atoms. The predicted octanol–water partition coefficient (Wildman–Crippen LogP) is 2.82. The van der Waals surface area contributed by atoms with E-state index in [0.717, 1.165) is 19.6 Å². The Balaban J connectivity index is 1.70. The molecule has 1 saturated heterocycles. The lowest BCUT2D eigenvalue weighted by Gasteiger charge is -2.40. The van der Waals surface area contributed by atoms with E-state index < -0.39 is 12.1 Å². The fraction of sp³-hybridized carbons (Fsp3) is 0.636. The van der Waals surface area contributed by atoms with Gasteiger partial charge in [-0.15, -0.1) is 0 Å². The number of carbonyl (C=O) groups excluding carboxylic acids is 2. The average Bonchev–Trinajstić information content (AvgIpc) is 2.61. The van der Waals surface area contributed by atoms with Gasteiger partial charge in [0.2, 0.25) is 5.91 Å². The van der Waals surface area contributed by atoms with E-state index in [4.69, 9.17) is 4.74 Å². The quantitative estimate of drug-likeness (QED) is 0.844. The lowest BCUT2D eigenvalue weighted by Crippen LogP contribution is -2.59. The molecular formula is C22H33N3O3. The number of hydrogen-bond donors (Lipinski definition) is 1. The molecule has 154 valence electrons. The molecule has 2 heterocycles. The van der Waals surface area contributed by atoms with Crippen molar-refractivity contribution in [1.82, 2.24) is 10.2 Å². The molecule has 0 radical (unpaired) electrons. The lowest BCUT2D eigenvalue weighted by molar-refractivity contribution is -0.130. The second-order valence-corrected chi connectivity index (χ2v) is 8.97. The van der Waals surface area contributed by atoms with E-state index in [9.17, 15) is 9.59 Å². The first-order chi connectivity index (χ1) is 13.2. The Morgan fingerprint density at radius 3 is 2.75 bits per heavy atom. The number of carbonyl (C=O) groups is 2. The summed E-state index contributed by atoms with van der Waals surface area (Å²) in [6.07, 6.45) is 1.88. The number of benzene rings is 1. The highest BCUT2D eigenvalue weighted by molar-refractivity contribution is 6.05. The van der Waals surface area contributed by atoms with Crippen LogP contribution in [0.3, 0.4) is 0 Å². The van der Waals surface area contributed by atoms with Gasteiger partial charge < -0.3 is 15.0 Å². The Hall–Kier alpha value is -2.08. The summed E-state index contributed by atoms with van der Waals surface area (Å²) in [5.41, 5.74) is 0.277. The maximum Gasteiger partial charge on any atom is 0.268 e. The monoisotopic (exact) mass is 387 g/mol. The molecule has 1 aromatic rings. The van der Waals surface area contributed by atoms with Crippen molar-refractivity contribution in [3.63, 3.8) is 0 Å². The van der Waals surface area contributed by atoms with Crippen LogP contribution in [0.2, 0.25) is 0 Å². The molecule has 1 fully saturated rings. The van der Waals surface area contributed by atoms with Gasteiger partial charge in [0.05, 0.1) is 5.69 Å². The summed E-state index contributed by atoms with van der Waals surface area (Å²) in [4.78, 5) is 29.8. The van der Waals surface area contributed by atoms with E-state index in [1.54, 1.807) is 18.7 Å². The number of nitrogens with one attached hydrogen (secondary N) is 1. The molecule has 0 aromatic heterocycles. The lowest BCUT2D eigenvalue weighted by atomic mass is 9.97. The van der Waals surface area contributed by atoms with Gasteiger partial charge in [-0.3, -0.25) is 14.5 Å². The third-order valence-electron chi connectivity index (χ3n) is 5.60. The zero-order valence-electron chi connectivity index (χ0n) is 17.7. The molecule has 3 rings (SSSR count). The zero-order valence-corrected chi connectivity index (χ0v) is 17.7. The molecule has 1 N–H and O–H groups in total. The van der Waals surface area contributed by atoms with Gasteiger partial charge in [0, 0.05) is 18.6 Å². The molecule has 2 aliphatic heterocycles. The minimum Gasteiger partial charge on any atom is -0.479 e. The summed E-state index contributed by atoms with van der Waals surface area (Å²) in [6, 6.07) is 6.76. The van der Waals surface area contributed by atoms with Crippen molar-refractivity contribution < 1.29 is 14.3 Å². The fourth-order valence-corrected chi connectivity index (χ4v) is 4.29. The SMILES string of the molecule is C[C@@H]1CCCN(CC(C)(C)NC(=O)[C@H](C)N2C(=O)[C@@H](C)Oc3ccccc32)C1. The summed E-state index contributed by atoms with van der Waals surface area (Å²) in [5.74, 6) is 0.996. The number of amides is 2. The smallest absolute Gasteiger partial charge is 0.268 e. The summed E-state index contributed by atoms with van der Waals surface area (Å²) in [6.45, 7) is 12.8. The van der Waals surface area contributed by atoms with Crippen molar-refractivity contribution in [2.75, 3.05) is 24.5 Å². The summed E-state index contributed by atoms with van der Waals surface area (Å²) >= 11 is 0. The van der Waals surface area contributed by atoms with Crippen molar-refractivity contribution in [3.8, 4) is 5.75 Å². The predicted molar refractivity (Wildman–Crippen MR) is 111 cm³/mol. The number of anilines is 1. The van der Waals surface area contributed by atoms with Crippen LogP contribution in [0.15, 0.2) is 24.3 Å². The van der Waals surface area contributed by atoms with Gasteiger partial charge in [0.1, 0.15) is 11.8 Å². The summed E-state index contributed by atoms with van der Waals surface area (Å²) in [5, 5.41) is 3.17. The van der Waals surface area contributed by atoms with Crippen LogP contribution in [-0.4, -0.2) is 54.0 Å². The largest absolute Gasteiger partial charge is 0.479 e. The Labute approximate surface area is 168 Å². The van der Waals surface area contributed by atoms with Crippen molar-refractivity contribution in [1.29, 1.82) is 0 Å². The number of piperidine rings is 1. The van der Waals surface area contributed by atoms with Gasteiger partial charge in [-0.2, -0.15) is 0 Å². The van der Waals surface area contributed by atoms with Crippen LogP contribution in [0.1, 0.15) is 47.5 Å². The molecule has 2 aliphatic rings. The van der Waals surface area contributed by atoms with Crippen LogP contribution in [0, 0.1) is 5.92 Å². The minimum absolute atomic E-state index is 0.146. The molecular weight excluding hydrogens is 354 g/mol. The van der Waals surface area contributed by atoms with Crippen molar-refractivity contribution in [2.24, 2.45) is 5.92 Å². The average molecular weight is 388 g/mol. The molecule has 3 atom stereocenters. The molecule has 28 heavy (non-hydrogen) atoms. The Bertz CT molecular complexity index is 733. The highest BCUT2D eigenvalue weighted by Crippen LogP contribution is 2.35. The molecule has 0 saturated carbocycles. The fourth-order valence-electron chi connectivity index (χ4n) is 4.29. The first-order valence-electron chi connectivity index (χ1n) is 10.3. The zero-order chi connectivity index (χ0) is 20.5. The number of rotatable bonds is 5. The molecule has 0 spiro atoms. The van der Waals surface area contributed by atoms with E-state index in [2.05, 4.69) is 31.0 Å². The molecule has 0 aliphatic carbocycles. The second-order valence-electron chi connectivity index (χ2n) is 8.97. The third kappa shape index (κ3) is 4.49. The van der Waals surface area contributed by atoms with E-state index in [0.29, 0.717) is 17.4 Å². The minimum atomic E-state index is -0.612. The van der Waals surface area contributed by atoms with Gasteiger partial charge in [-0.05, 0) is 65.1 Å². The number of para-hydroxylation sites is 2. The second kappa shape index (κ2) is 8.11. The van der Waals surface area contributed by atoms with Crippen LogP contribution in [0.4, 0.5) is 5.69 Å². The molecule has 1 aromatic carbocycles. The highest BCUT2D eigenvalue weighted by atomic mass is 16.5. The van der Waals surface area contributed by atoms with Crippen molar-refractivity contribution in [3.05, 3.63) is 24.3 Å². The number of ether oxygens (including phenoxy) is 1. The van der Waals surface area contributed by atoms with Gasteiger partial charge >= 0.3 is 0 Å². The van der Waals surface area contributed by atoms with E-state index >= 15 is 0 Å². The topological polar surface area (TPSA) is 61.9 Å². The van der Waals surface area contributed by atoms with Gasteiger partial charge in [-0.25, -0.2) is 0 Å². The third-order valence-corrected chi connectivity index (χ3v) is 5.60. The van der Waals surface area contributed by atoms with E-state index in [-0.39, 0.29) is 17.4 Å². The van der Waals surface area contributed by atoms with Crippen LogP contribution in [0.25, 0.3) is 0 Å². The van der Waals surface area contributed by atoms with Crippen LogP contribution < -0.4 is 15.0 Å². The summed E-state index contributed by atoms with van der Waals surface area (Å²) < 4.78 is 5.69. The molecule has 0 unspecified atom stereocenters. The van der Waals surface area contributed by atoms with Crippen LogP contribution >= 0.6 is 0 Å². The van der Waals surface area contributed by atoms with E-state index in [1.807, 2.05) is 24.3 Å². The van der Waals surface area contributed by atoms with Crippen molar-refractivity contribution in [2.45, 2.75) is 65.1 Å². The van der Waals surface area contributed by atoms with Crippen LogP contribution in [0.5, 0.6) is 5.75 Å². The molecule has 2 amide bonds. The van der Waals surface area contributed by atoms with E-state index in [1.165, 1.54) is 12.8 Å². The maximum atomic E-state index is 13.1. The standard InChI is InChI=1S/C22H33N3O3/c1-15-9-8-12-24(13-15)14-22(4,5)23-20(26)16(2)25-18-10-6-7-11-19(18)28-17(3)21(25)27/h6-7,10-11,15-17H,8-9,12-14H2,1-5H3,(H,23,26)/t15-,16+,17-/m1/s1. The Morgan fingerprint density at radius 1 is 1.32 bits per heavy atom. The summed E-state index contributed by atoms with van der Waals surface area (Å²) in [7, 11) is 0. The number of nitrogens with zero attached hydrogens (tertiary/aromatic N) is 2. The highest BCUT2D eigenvalue weighted by Gasteiger charge is 2.38. The maximum absolute atomic E-state index is 13.1. The van der Waals surface area contributed by atoms with Crippen LogP contribution in [-0.2, 0) is 9.59 Å². The molecule has 6 heteroatoms. The first-order valence-corrected chi connectivity index (χ1v) is 10.3. The number of fused-ring (bicyclic) bond motifs is 1. The number of likely N-dealkylation sites (tertiary alicyclic amines) is 1. The Morgan fingerprint density at radius 2 is 2.04 bits per heavy atom. The first kappa shape index (κ1) is 20.6. The molecule has 6 nitrogen and oxygen atoms in total. The normalized spacial score (nSPS) is 24.3. The number of hydrogen-bond acceptors (Lipinski definition) is 4. The Kier molecular flexibility index (Phi) is 5.98. The van der Waals surface area contributed by atoms with Crippen molar-refractivity contribution >= 4 is 17.5 Å². The van der Waals surface area contributed by atoms with Gasteiger partial charge in [0.25, 0.3) is 5.91 Å². The van der Waals surface area contributed by atoms with Gasteiger partial charge in [0.15, 0.2) is 6.10 Å².